The summed E-state index contributed by atoms with van der Waals surface area (Å²) in [4.78, 5) is 16.0. The lowest BCUT2D eigenvalue weighted by Gasteiger charge is -2.20. The number of nitrogens with one attached hydrogen (secondary N) is 1. The van der Waals surface area contributed by atoms with Crippen molar-refractivity contribution in [2.75, 3.05) is 18.5 Å². The van der Waals surface area contributed by atoms with Crippen molar-refractivity contribution in [2.24, 2.45) is 11.1 Å². The van der Waals surface area contributed by atoms with Gasteiger partial charge in [0.05, 0.1) is 5.69 Å². The van der Waals surface area contributed by atoms with E-state index in [1.807, 2.05) is 0 Å². The number of thiazole rings is 1. The Morgan fingerprint density at radius 1 is 1.47 bits per heavy atom. The number of nitrogens with zero attached hydrogens (tertiary/aromatic N) is 1. The lowest BCUT2D eigenvalue weighted by Crippen LogP contribution is -2.28. The fourth-order valence-electron chi connectivity index (χ4n) is 1.87. The summed E-state index contributed by atoms with van der Waals surface area (Å²) in [6.45, 7) is 2.68. The number of aromatic nitrogens is 1. The van der Waals surface area contributed by atoms with E-state index in [1.54, 1.807) is 6.92 Å². The molecule has 0 aliphatic carbocycles. The maximum atomic E-state index is 12.0. The summed E-state index contributed by atoms with van der Waals surface area (Å²) in [5, 5.41) is 7.96. The number of sulfonamides is 1. The van der Waals surface area contributed by atoms with E-state index in [4.69, 9.17) is 9.88 Å². The van der Waals surface area contributed by atoms with E-state index >= 15 is 0 Å². The van der Waals surface area contributed by atoms with E-state index in [0.717, 1.165) is 11.3 Å². The Hall–Kier alpha value is -1.03. The summed E-state index contributed by atoms with van der Waals surface area (Å²) in [6.07, 6.45) is 1.33. The SMILES string of the molecule is Cc1nc(NC(=O)C2CCOCC2)sc1S(N)(=O)=O. The van der Waals surface area contributed by atoms with Crippen LogP contribution in [0, 0.1) is 12.8 Å². The zero-order valence-electron chi connectivity index (χ0n) is 10.4. The Bertz CT molecular complexity index is 576. The fraction of sp³-hybridized carbons (Fsp3) is 0.600. The van der Waals surface area contributed by atoms with Crippen molar-refractivity contribution in [1.82, 2.24) is 4.98 Å². The second kappa shape index (κ2) is 5.53. The minimum atomic E-state index is -3.79. The summed E-state index contributed by atoms with van der Waals surface area (Å²) in [5.41, 5.74) is 0.301. The van der Waals surface area contributed by atoms with Gasteiger partial charge in [0.1, 0.15) is 0 Å². The number of carbonyl (C=O) groups excluding carboxylic acids is 1. The zero-order chi connectivity index (χ0) is 14.0. The van der Waals surface area contributed by atoms with Crippen LogP contribution in [0.1, 0.15) is 18.5 Å². The summed E-state index contributed by atoms with van der Waals surface area (Å²) in [7, 11) is -3.79. The van der Waals surface area contributed by atoms with Crippen LogP contribution in [-0.4, -0.2) is 32.5 Å². The molecule has 0 unspecified atom stereocenters. The molecule has 2 rings (SSSR count). The Morgan fingerprint density at radius 3 is 2.63 bits per heavy atom. The predicted octanol–water partition coefficient (Wildman–Crippen LogP) is 0.464. The Kier molecular flexibility index (Phi) is 4.19. The van der Waals surface area contributed by atoms with Crippen molar-refractivity contribution in [1.29, 1.82) is 0 Å². The molecular weight excluding hydrogens is 290 g/mol. The molecule has 106 valence electrons. The van der Waals surface area contributed by atoms with Crippen LogP contribution >= 0.6 is 11.3 Å². The highest BCUT2D eigenvalue weighted by atomic mass is 32.2. The highest BCUT2D eigenvalue weighted by Crippen LogP contribution is 2.27. The molecule has 7 nitrogen and oxygen atoms in total. The van der Waals surface area contributed by atoms with Gasteiger partial charge in [0.15, 0.2) is 9.34 Å². The first-order valence-corrected chi connectivity index (χ1v) is 8.13. The molecule has 0 spiro atoms. The lowest BCUT2D eigenvalue weighted by atomic mass is 10.00. The number of amides is 1. The molecule has 0 saturated carbocycles. The van der Waals surface area contributed by atoms with Gasteiger partial charge in [0.2, 0.25) is 15.9 Å². The molecule has 0 radical (unpaired) electrons. The molecule has 1 amide bonds. The second-order valence-corrected chi connectivity index (χ2v) is 7.07. The summed E-state index contributed by atoms with van der Waals surface area (Å²) in [6, 6.07) is 0. The third-order valence-corrected chi connectivity index (χ3v) is 5.46. The molecule has 3 N–H and O–H groups in total. The molecule has 0 atom stereocenters. The molecule has 1 saturated heterocycles. The Balaban J connectivity index is 2.09. The van der Waals surface area contributed by atoms with E-state index in [0.29, 0.717) is 31.7 Å². The van der Waals surface area contributed by atoms with Crippen molar-refractivity contribution >= 4 is 32.4 Å². The van der Waals surface area contributed by atoms with E-state index in [2.05, 4.69) is 10.3 Å². The minimum Gasteiger partial charge on any atom is -0.381 e. The van der Waals surface area contributed by atoms with Crippen LogP contribution in [0.15, 0.2) is 4.21 Å². The van der Waals surface area contributed by atoms with Gasteiger partial charge in [0.25, 0.3) is 0 Å². The van der Waals surface area contributed by atoms with Gasteiger partial charge in [-0.3, -0.25) is 4.79 Å². The average Bonchev–Trinajstić information content (AvgIpc) is 2.71. The van der Waals surface area contributed by atoms with Crippen molar-refractivity contribution in [3.05, 3.63) is 5.69 Å². The smallest absolute Gasteiger partial charge is 0.249 e. The number of rotatable bonds is 3. The summed E-state index contributed by atoms with van der Waals surface area (Å²) < 4.78 is 27.7. The standard InChI is InChI=1S/C10H15N3O4S2/c1-6-9(19(11,15)16)18-10(12-6)13-8(14)7-2-4-17-5-3-7/h7H,2-5H2,1H3,(H2,11,15,16)(H,12,13,14). The van der Waals surface area contributed by atoms with E-state index in [-0.39, 0.29) is 21.2 Å². The van der Waals surface area contributed by atoms with Gasteiger partial charge < -0.3 is 10.1 Å². The molecule has 1 fully saturated rings. The number of ether oxygens (including phenoxy) is 1. The van der Waals surface area contributed by atoms with E-state index < -0.39 is 10.0 Å². The van der Waals surface area contributed by atoms with Gasteiger partial charge in [-0.2, -0.15) is 0 Å². The number of aryl methyl sites for hydroxylation is 1. The van der Waals surface area contributed by atoms with Crippen LogP contribution in [-0.2, 0) is 19.6 Å². The number of hydrogen-bond acceptors (Lipinski definition) is 6. The van der Waals surface area contributed by atoms with Gasteiger partial charge in [0, 0.05) is 19.1 Å². The number of primary sulfonamides is 1. The number of hydrogen-bond donors (Lipinski definition) is 2. The van der Waals surface area contributed by atoms with Crippen molar-refractivity contribution in [3.8, 4) is 0 Å². The summed E-state index contributed by atoms with van der Waals surface area (Å²) >= 11 is 0.871. The van der Waals surface area contributed by atoms with Gasteiger partial charge >= 0.3 is 0 Å². The van der Waals surface area contributed by atoms with Gasteiger partial charge in [-0.15, -0.1) is 0 Å². The zero-order valence-corrected chi connectivity index (χ0v) is 12.0. The summed E-state index contributed by atoms with van der Waals surface area (Å²) in [5.74, 6) is -0.270. The second-order valence-electron chi connectivity index (χ2n) is 4.31. The number of carbonyl (C=O) groups is 1. The third kappa shape index (κ3) is 3.50. The molecule has 0 bridgehead atoms. The number of nitrogens with two attached hydrogens (primary N) is 1. The molecule has 2 heterocycles. The third-order valence-electron chi connectivity index (χ3n) is 2.83. The molecule has 9 heteroatoms. The average molecular weight is 305 g/mol. The molecule has 0 aromatic carbocycles. The maximum absolute atomic E-state index is 12.0. The topological polar surface area (TPSA) is 111 Å². The van der Waals surface area contributed by atoms with Crippen LogP contribution in [0.3, 0.4) is 0 Å². The first-order valence-electron chi connectivity index (χ1n) is 5.77. The maximum Gasteiger partial charge on any atom is 0.249 e. The monoisotopic (exact) mass is 305 g/mol. The van der Waals surface area contributed by atoms with Crippen LogP contribution in [0.4, 0.5) is 5.13 Å². The lowest BCUT2D eigenvalue weighted by molar-refractivity contribution is -0.122. The predicted molar refractivity (Wildman–Crippen MR) is 70.4 cm³/mol. The molecule has 1 aliphatic rings. The first kappa shape index (κ1) is 14.4. The van der Waals surface area contributed by atoms with Crippen LogP contribution in [0.25, 0.3) is 0 Å². The van der Waals surface area contributed by atoms with Gasteiger partial charge in [-0.1, -0.05) is 11.3 Å². The molecule has 1 aliphatic heterocycles. The van der Waals surface area contributed by atoms with Crippen LogP contribution < -0.4 is 10.5 Å². The minimum absolute atomic E-state index is 0.0187. The largest absolute Gasteiger partial charge is 0.381 e. The normalized spacial score (nSPS) is 17.4. The van der Waals surface area contributed by atoms with Crippen molar-refractivity contribution in [3.63, 3.8) is 0 Å². The molecular formula is C10H15N3O4S2. The highest BCUT2D eigenvalue weighted by Gasteiger charge is 2.24. The first-order chi connectivity index (χ1) is 8.88. The molecule has 1 aromatic rings. The van der Waals surface area contributed by atoms with Crippen molar-refractivity contribution in [2.45, 2.75) is 24.0 Å². The molecule has 1 aromatic heterocycles. The van der Waals surface area contributed by atoms with Gasteiger partial charge in [-0.05, 0) is 19.8 Å². The van der Waals surface area contributed by atoms with Crippen LogP contribution in [0.5, 0.6) is 0 Å². The highest BCUT2D eigenvalue weighted by molar-refractivity contribution is 7.91. The molecule has 19 heavy (non-hydrogen) atoms. The fourth-order valence-corrected chi connectivity index (χ4v) is 3.73. The Labute approximate surface area is 115 Å². The van der Waals surface area contributed by atoms with Crippen LogP contribution in [0.2, 0.25) is 0 Å². The van der Waals surface area contributed by atoms with Crippen molar-refractivity contribution < 1.29 is 17.9 Å². The van der Waals surface area contributed by atoms with E-state index in [9.17, 15) is 13.2 Å². The number of anilines is 1. The van der Waals surface area contributed by atoms with Gasteiger partial charge in [-0.25, -0.2) is 18.5 Å². The quantitative estimate of drug-likeness (QED) is 0.843. The Morgan fingerprint density at radius 2 is 2.11 bits per heavy atom. The van der Waals surface area contributed by atoms with E-state index in [1.165, 1.54) is 0 Å².